The van der Waals surface area contributed by atoms with Crippen molar-refractivity contribution in [2.24, 2.45) is 17.8 Å². The lowest BCUT2D eigenvalue weighted by Gasteiger charge is -2.44. The smallest absolute Gasteiger partial charge is 0.434 e. The number of carbonyl (C=O) groups excluding carboxylic acids is 6. The quantitative estimate of drug-likeness (QED) is 0.0823. The van der Waals surface area contributed by atoms with Gasteiger partial charge in [0.1, 0.15) is 12.1 Å². The van der Waals surface area contributed by atoms with E-state index in [0.29, 0.717) is 69.0 Å². The van der Waals surface area contributed by atoms with E-state index in [1.165, 1.54) is 26.4 Å². The van der Waals surface area contributed by atoms with Gasteiger partial charge < -0.3 is 53.2 Å². The van der Waals surface area contributed by atoms with E-state index in [9.17, 15) is 33.3 Å². The number of carbonyl (C=O) groups is 6. The van der Waals surface area contributed by atoms with E-state index in [0.717, 1.165) is 36.3 Å². The van der Waals surface area contributed by atoms with Crippen molar-refractivity contribution >= 4 is 65.0 Å². The fourth-order valence-electron chi connectivity index (χ4n) is 8.72. The molecule has 1 aliphatic carbocycles. The molecule has 20 nitrogen and oxygen atoms in total. The van der Waals surface area contributed by atoms with Gasteiger partial charge in [-0.1, -0.05) is 6.07 Å². The zero-order valence-electron chi connectivity index (χ0n) is 36.7. The molecular formula is C42H55F2N4O16PS. The van der Waals surface area contributed by atoms with Crippen molar-refractivity contribution in [2.45, 2.75) is 68.7 Å². The Hall–Kier alpha value is -4.51. The van der Waals surface area contributed by atoms with Crippen LogP contribution < -0.4 is 5.32 Å². The SMILES string of the molecule is COCCCOC(=O)OCOP(=O)(OCOC(=O)OCCCOC)C(F)(F)c1ccc2sc(C(=O)N[C@H]3C[C@@H]4C[C@@H]4C[C@H]4CC[C@@H](C(=O)N5CC(C(=O)N6CCOCC6)C5)N4C3=O)cc2c1. The van der Waals surface area contributed by atoms with Gasteiger partial charge in [-0.25, -0.2) is 9.59 Å². The number of fused-ring (bicyclic) bond motifs is 3. The second kappa shape index (κ2) is 22.1. The molecule has 4 amide bonds. The molecule has 4 aliphatic heterocycles. The van der Waals surface area contributed by atoms with E-state index in [-0.39, 0.29) is 85.4 Å². The predicted octanol–water partition coefficient (Wildman–Crippen LogP) is 4.68. The number of methoxy groups -OCH3 is 2. The third-order valence-electron chi connectivity index (χ3n) is 12.3. The van der Waals surface area contributed by atoms with Crippen LogP contribution in [0.5, 0.6) is 0 Å². The van der Waals surface area contributed by atoms with Crippen LogP contribution in [-0.4, -0.2) is 162 Å². The summed E-state index contributed by atoms with van der Waals surface area (Å²) in [6.07, 6.45) is 1.15. The lowest BCUT2D eigenvalue weighted by molar-refractivity contribution is -0.156. The first kappa shape index (κ1) is 49.4. The van der Waals surface area contributed by atoms with Crippen LogP contribution in [0.2, 0.25) is 0 Å². The number of likely N-dealkylation sites (tertiary alicyclic amines) is 1. The summed E-state index contributed by atoms with van der Waals surface area (Å²) in [5.41, 5.74) is -5.33. The van der Waals surface area contributed by atoms with Crippen molar-refractivity contribution in [1.82, 2.24) is 20.0 Å². The van der Waals surface area contributed by atoms with Crippen molar-refractivity contribution < 1.29 is 84.3 Å². The highest BCUT2D eigenvalue weighted by Gasteiger charge is 2.56. The number of benzene rings is 1. The number of nitrogens with zero attached hydrogens (tertiary/aromatic N) is 3. The van der Waals surface area contributed by atoms with Gasteiger partial charge in [0.2, 0.25) is 31.3 Å². The highest BCUT2D eigenvalue weighted by Crippen LogP contribution is 2.67. The third-order valence-corrected chi connectivity index (χ3v) is 15.3. The number of halogens is 2. The number of alkyl halides is 2. The maximum absolute atomic E-state index is 16.3. The molecule has 2 aromatic rings. The molecule has 1 aromatic carbocycles. The Morgan fingerprint density at radius 3 is 2.09 bits per heavy atom. The molecule has 1 saturated carbocycles. The Labute approximate surface area is 383 Å². The summed E-state index contributed by atoms with van der Waals surface area (Å²) in [6.45, 7) is 0.221. The number of ether oxygens (including phenoxy) is 7. The normalized spacial score (nSPS) is 23.2. The van der Waals surface area contributed by atoms with Crippen LogP contribution in [0.3, 0.4) is 0 Å². The zero-order valence-corrected chi connectivity index (χ0v) is 38.4. The average Bonchev–Trinajstić information content (AvgIpc) is 3.63. The Morgan fingerprint density at radius 1 is 0.818 bits per heavy atom. The first-order valence-corrected chi connectivity index (χ1v) is 24.2. The summed E-state index contributed by atoms with van der Waals surface area (Å²) in [7, 11) is -2.82. The topological polar surface area (TPSA) is 224 Å². The Bertz CT molecular complexity index is 2100. The summed E-state index contributed by atoms with van der Waals surface area (Å²) in [4.78, 5) is 84.3. The van der Waals surface area contributed by atoms with Gasteiger partial charge in [-0.05, 0) is 67.5 Å². The second-order valence-corrected chi connectivity index (χ2v) is 19.9. The molecule has 0 unspecified atom stereocenters. The molecule has 5 atom stereocenters. The van der Waals surface area contributed by atoms with Crippen LogP contribution in [0.15, 0.2) is 24.3 Å². The number of thiophene rings is 1. The van der Waals surface area contributed by atoms with Crippen LogP contribution in [0.4, 0.5) is 18.4 Å². The maximum Gasteiger partial charge on any atom is 0.510 e. The molecule has 0 radical (unpaired) electrons. The second-order valence-electron chi connectivity index (χ2n) is 16.7. The number of morpholine rings is 1. The fourth-order valence-corrected chi connectivity index (χ4v) is 10.9. The molecule has 1 N–H and O–H groups in total. The monoisotopic (exact) mass is 972 g/mol. The summed E-state index contributed by atoms with van der Waals surface area (Å²) < 4.78 is 90.7. The minimum atomic E-state index is -5.71. The van der Waals surface area contributed by atoms with Gasteiger partial charge in [0.15, 0.2) is 0 Å². The standard InChI is InChI=1S/C42H55F2N4O16PS/c1-56-11-3-13-59-40(53)61-24-63-65(55,64-25-62-41(54)60-14-4-12-57-2)42(43,44)30-5-8-34-28(18-30)21-35(66-34)36(49)45-32-20-27-17-26(27)19-31-6-7-33(48(31)38(32)51)39(52)47-22-29(23-47)37(50)46-9-15-58-16-10-46/h5,8,18,21,26-27,29,31-33H,3-4,6-7,9-17,19-20,22-25H2,1-2H3,(H,45,49)/t26-,27+,31-,32+,33+/m1/s1. The average molecular weight is 973 g/mol. The van der Waals surface area contributed by atoms with Crippen LogP contribution in [0, 0.1) is 17.8 Å². The summed E-state index contributed by atoms with van der Waals surface area (Å²) in [5, 5.41) is 3.03. The van der Waals surface area contributed by atoms with E-state index in [1.807, 2.05) is 0 Å². The van der Waals surface area contributed by atoms with Gasteiger partial charge >= 0.3 is 25.6 Å². The van der Waals surface area contributed by atoms with Crippen LogP contribution >= 0.6 is 18.9 Å². The zero-order chi connectivity index (χ0) is 47.0. The van der Waals surface area contributed by atoms with Crippen molar-refractivity contribution in [2.75, 3.05) is 93.6 Å². The highest BCUT2D eigenvalue weighted by atomic mass is 32.1. The van der Waals surface area contributed by atoms with Crippen molar-refractivity contribution in [3.05, 3.63) is 34.7 Å². The van der Waals surface area contributed by atoms with Gasteiger partial charge in [0.05, 0.1) is 37.2 Å². The Morgan fingerprint density at radius 2 is 1.45 bits per heavy atom. The number of rotatable bonds is 20. The van der Waals surface area contributed by atoms with Crippen LogP contribution in [0.1, 0.15) is 60.2 Å². The van der Waals surface area contributed by atoms with Gasteiger partial charge in [0.25, 0.3) is 5.91 Å². The van der Waals surface area contributed by atoms with Crippen molar-refractivity contribution in [1.29, 1.82) is 0 Å². The van der Waals surface area contributed by atoms with Gasteiger partial charge in [-0.15, -0.1) is 11.3 Å². The van der Waals surface area contributed by atoms with Crippen LogP contribution in [-0.2, 0) is 66.8 Å². The number of hydrogen-bond acceptors (Lipinski definition) is 17. The summed E-state index contributed by atoms with van der Waals surface area (Å²) in [5.74, 6) is -0.923. The van der Waals surface area contributed by atoms with Gasteiger partial charge in [-0.3, -0.25) is 32.8 Å². The molecule has 7 rings (SSSR count). The molecule has 5 aliphatic rings. The Balaban J connectivity index is 1.01. The lowest BCUT2D eigenvalue weighted by Crippen LogP contribution is -2.62. The minimum Gasteiger partial charge on any atom is -0.434 e. The predicted molar refractivity (Wildman–Crippen MR) is 226 cm³/mol. The first-order valence-electron chi connectivity index (χ1n) is 21.9. The van der Waals surface area contributed by atoms with Gasteiger partial charge in [-0.2, -0.15) is 8.78 Å². The van der Waals surface area contributed by atoms with Crippen molar-refractivity contribution in [3.63, 3.8) is 0 Å². The minimum absolute atomic E-state index is 0.00231. The molecule has 364 valence electrons. The van der Waals surface area contributed by atoms with E-state index >= 15 is 8.78 Å². The molecular weight excluding hydrogens is 918 g/mol. The highest BCUT2D eigenvalue weighted by molar-refractivity contribution is 7.54. The van der Waals surface area contributed by atoms with Crippen LogP contribution in [0.25, 0.3) is 10.1 Å². The molecule has 24 heteroatoms. The molecule has 0 bridgehead atoms. The maximum atomic E-state index is 16.3. The number of amides is 4. The lowest BCUT2D eigenvalue weighted by atomic mass is 9.96. The third kappa shape index (κ3) is 11.6. The largest absolute Gasteiger partial charge is 0.510 e. The number of hydrogen-bond donors (Lipinski definition) is 1. The van der Waals surface area contributed by atoms with Gasteiger partial charge in [0, 0.05) is 82.8 Å². The van der Waals surface area contributed by atoms with E-state index in [1.54, 1.807) is 14.7 Å². The first-order chi connectivity index (χ1) is 31.7. The molecule has 5 fully saturated rings. The fraction of sp³-hybridized carbons (Fsp3) is 0.667. The summed E-state index contributed by atoms with van der Waals surface area (Å²) >= 11 is 0.977. The molecule has 1 aromatic heterocycles. The van der Waals surface area contributed by atoms with E-state index in [2.05, 4.69) is 14.8 Å². The van der Waals surface area contributed by atoms with E-state index < -0.39 is 62.7 Å². The molecule has 66 heavy (non-hydrogen) atoms. The van der Waals surface area contributed by atoms with Crippen molar-refractivity contribution in [3.8, 4) is 0 Å². The summed E-state index contributed by atoms with van der Waals surface area (Å²) in [6, 6.07) is 2.72. The molecule has 5 heterocycles. The number of nitrogens with one attached hydrogen (secondary N) is 1. The van der Waals surface area contributed by atoms with E-state index in [4.69, 9.17) is 32.7 Å². The Kier molecular flexibility index (Phi) is 16.5. The molecule has 0 spiro atoms. The molecule has 4 saturated heterocycles.